The SMILES string of the molecule is O=C(N1CCCCCC12CC=CC2)C(F)(F)F. The maximum atomic E-state index is 12.6. The monoisotopic (exact) mass is 247 g/mol. The summed E-state index contributed by atoms with van der Waals surface area (Å²) in [7, 11) is 0. The molecule has 2 aliphatic rings. The topological polar surface area (TPSA) is 20.3 Å². The molecular formula is C12H16F3NO. The van der Waals surface area contributed by atoms with E-state index in [0.29, 0.717) is 25.7 Å². The van der Waals surface area contributed by atoms with Crippen molar-refractivity contribution in [3.05, 3.63) is 12.2 Å². The highest BCUT2D eigenvalue weighted by Gasteiger charge is 2.50. The second-order valence-corrected chi connectivity index (χ2v) is 4.87. The maximum absolute atomic E-state index is 12.6. The van der Waals surface area contributed by atoms with E-state index in [4.69, 9.17) is 0 Å². The van der Waals surface area contributed by atoms with Gasteiger partial charge in [0.25, 0.3) is 0 Å². The van der Waals surface area contributed by atoms with Gasteiger partial charge in [0.1, 0.15) is 0 Å². The number of hydrogen-bond acceptors (Lipinski definition) is 1. The molecule has 1 heterocycles. The number of carbonyl (C=O) groups excluding carboxylic acids is 1. The van der Waals surface area contributed by atoms with Crippen LogP contribution in [0.2, 0.25) is 0 Å². The second-order valence-electron chi connectivity index (χ2n) is 4.87. The molecule has 0 unspecified atom stereocenters. The molecule has 2 nitrogen and oxygen atoms in total. The Hall–Kier alpha value is -1.00. The summed E-state index contributed by atoms with van der Waals surface area (Å²) in [6, 6.07) is 0. The first-order valence-corrected chi connectivity index (χ1v) is 6.00. The van der Waals surface area contributed by atoms with Crippen molar-refractivity contribution in [2.75, 3.05) is 6.54 Å². The van der Waals surface area contributed by atoms with Crippen LogP contribution < -0.4 is 0 Å². The molecule has 0 radical (unpaired) electrons. The molecule has 0 bridgehead atoms. The highest BCUT2D eigenvalue weighted by Crippen LogP contribution is 2.39. The first-order chi connectivity index (χ1) is 7.96. The van der Waals surface area contributed by atoms with Crippen LogP contribution in [0.4, 0.5) is 13.2 Å². The van der Waals surface area contributed by atoms with Crippen molar-refractivity contribution in [2.24, 2.45) is 0 Å². The van der Waals surface area contributed by atoms with Crippen LogP contribution in [-0.2, 0) is 4.79 Å². The van der Waals surface area contributed by atoms with E-state index in [9.17, 15) is 18.0 Å². The molecule has 0 aromatic carbocycles. The summed E-state index contributed by atoms with van der Waals surface area (Å²) in [5.41, 5.74) is -0.594. The maximum Gasteiger partial charge on any atom is 0.471 e. The van der Waals surface area contributed by atoms with Crippen LogP contribution in [0.25, 0.3) is 0 Å². The number of rotatable bonds is 0. The van der Waals surface area contributed by atoms with Crippen LogP contribution in [0.3, 0.4) is 0 Å². The zero-order valence-electron chi connectivity index (χ0n) is 9.59. The van der Waals surface area contributed by atoms with Gasteiger partial charge < -0.3 is 4.90 Å². The third-order valence-electron chi connectivity index (χ3n) is 3.75. The van der Waals surface area contributed by atoms with E-state index in [1.807, 2.05) is 12.2 Å². The molecule has 0 N–H and O–H groups in total. The lowest BCUT2D eigenvalue weighted by Gasteiger charge is -2.40. The smallest absolute Gasteiger partial charge is 0.329 e. The first kappa shape index (κ1) is 12.5. The molecule has 0 saturated carbocycles. The molecular weight excluding hydrogens is 231 g/mol. The van der Waals surface area contributed by atoms with Crippen molar-refractivity contribution in [1.29, 1.82) is 0 Å². The lowest BCUT2D eigenvalue weighted by Crippen LogP contribution is -2.54. The van der Waals surface area contributed by atoms with Gasteiger partial charge in [-0.15, -0.1) is 0 Å². The van der Waals surface area contributed by atoms with Crippen LogP contribution in [0, 0.1) is 0 Å². The first-order valence-electron chi connectivity index (χ1n) is 6.00. The quantitative estimate of drug-likeness (QED) is 0.602. The number of likely N-dealkylation sites (tertiary alicyclic amines) is 1. The Bertz CT molecular complexity index is 327. The Morgan fingerprint density at radius 1 is 1.12 bits per heavy atom. The van der Waals surface area contributed by atoms with Gasteiger partial charge in [0.2, 0.25) is 0 Å². The van der Waals surface area contributed by atoms with Crippen molar-refractivity contribution < 1.29 is 18.0 Å². The third-order valence-corrected chi connectivity index (χ3v) is 3.75. The van der Waals surface area contributed by atoms with E-state index in [-0.39, 0.29) is 6.54 Å². The second kappa shape index (κ2) is 4.35. The molecule has 17 heavy (non-hydrogen) atoms. The lowest BCUT2D eigenvalue weighted by atomic mass is 9.89. The number of nitrogens with zero attached hydrogens (tertiary/aromatic N) is 1. The average molecular weight is 247 g/mol. The molecule has 1 fully saturated rings. The normalized spacial score (nSPS) is 24.1. The minimum Gasteiger partial charge on any atom is -0.329 e. The predicted molar refractivity (Wildman–Crippen MR) is 57.3 cm³/mol. The Morgan fingerprint density at radius 2 is 1.76 bits per heavy atom. The molecule has 2 rings (SSSR count). The zero-order chi connectivity index (χ0) is 12.5. The van der Waals surface area contributed by atoms with Crippen LogP contribution in [0.5, 0.6) is 0 Å². The molecule has 0 aromatic rings. The summed E-state index contributed by atoms with van der Waals surface area (Å²) >= 11 is 0. The van der Waals surface area contributed by atoms with Gasteiger partial charge in [-0.05, 0) is 25.7 Å². The van der Waals surface area contributed by atoms with Crippen LogP contribution in [0.15, 0.2) is 12.2 Å². The largest absolute Gasteiger partial charge is 0.471 e. The minimum atomic E-state index is -4.75. The standard InChI is InChI=1S/C12H16F3NO/c13-12(14,15)10(17)16-9-5-1-2-6-11(16)7-3-4-8-11/h3-4H,1-2,5-9H2. The van der Waals surface area contributed by atoms with E-state index in [1.54, 1.807) is 0 Å². The molecule has 1 amide bonds. The van der Waals surface area contributed by atoms with E-state index >= 15 is 0 Å². The number of carbonyl (C=O) groups is 1. The van der Waals surface area contributed by atoms with Gasteiger partial charge in [0.05, 0.1) is 5.54 Å². The summed E-state index contributed by atoms with van der Waals surface area (Å²) in [5, 5.41) is 0. The molecule has 0 aromatic heterocycles. The van der Waals surface area contributed by atoms with Gasteiger partial charge in [0, 0.05) is 6.54 Å². The van der Waals surface area contributed by atoms with Crippen molar-refractivity contribution in [2.45, 2.75) is 50.2 Å². The molecule has 1 aliphatic carbocycles. The van der Waals surface area contributed by atoms with Gasteiger partial charge in [-0.2, -0.15) is 13.2 Å². The van der Waals surface area contributed by atoms with E-state index in [0.717, 1.165) is 17.7 Å². The summed E-state index contributed by atoms with van der Waals surface area (Å²) < 4.78 is 37.8. The Balaban J connectivity index is 2.24. The minimum absolute atomic E-state index is 0.236. The van der Waals surface area contributed by atoms with E-state index in [1.165, 1.54) is 0 Å². The molecule has 1 saturated heterocycles. The number of amides is 1. The average Bonchev–Trinajstić information content (AvgIpc) is 2.60. The van der Waals surface area contributed by atoms with E-state index < -0.39 is 17.6 Å². The van der Waals surface area contributed by atoms with Gasteiger partial charge >= 0.3 is 12.1 Å². The molecule has 1 spiro atoms. The van der Waals surface area contributed by atoms with Crippen molar-refractivity contribution in [3.63, 3.8) is 0 Å². The zero-order valence-corrected chi connectivity index (χ0v) is 9.59. The fourth-order valence-electron chi connectivity index (χ4n) is 2.86. The molecule has 1 aliphatic heterocycles. The number of hydrogen-bond donors (Lipinski definition) is 0. The molecule has 0 atom stereocenters. The van der Waals surface area contributed by atoms with Gasteiger partial charge in [-0.3, -0.25) is 4.79 Å². The van der Waals surface area contributed by atoms with Crippen molar-refractivity contribution in [1.82, 2.24) is 4.90 Å². The lowest BCUT2D eigenvalue weighted by molar-refractivity contribution is -0.191. The van der Waals surface area contributed by atoms with Crippen molar-refractivity contribution >= 4 is 5.91 Å². The summed E-state index contributed by atoms with van der Waals surface area (Å²) in [6.45, 7) is 0.236. The Kier molecular flexibility index (Phi) is 3.19. The van der Waals surface area contributed by atoms with Crippen molar-refractivity contribution in [3.8, 4) is 0 Å². The van der Waals surface area contributed by atoms with Crippen LogP contribution in [-0.4, -0.2) is 29.1 Å². The van der Waals surface area contributed by atoms with Gasteiger partial charge in [-0.1, -0.05) is 25.0 Å². The predicted octanol–water partition coefficient (Wildman–Crippen LogP) is 3.04. The highest BCUT2D eigenvalue weighted by atomic mass is 19.4. The number of halogens is 3. The fraction of sp³-hybridized carbons (Fsp3) is 0.750. The fourth-order valence-corrected chi connectivity index (χ4v) is 2.86. The van der Waals surface area contributed by atoms with Crippen LogP contribution >= 0.6 is 0 Å². The summed E-state index contributed by atoms with van der Waals surface area (Å²) in [6.07, 6.45) is 3.33. The highest BCUT2D eigenvalue weighted by molar-refractivity contribution is 5.82. The Morgan fingerprint density at radius 3 is 2.35 bits per heavy atom. The van der Waals surface area contributed by atoms with E-state index in [2.05, 4.69) is 0 Å². The Labute approximate surface area is 98.5 Å². The van der Waals surface area contributed by atoms with Gasteiger partial charge in [0.15, 0.2) is 0 Å². The number of alkyl halides is 3. The molecule has 96 valence electrons. The van der Waals surface area contributed by atoms with Crippen LogP contribution in [0.1, 0.15) is 38.5 Å². The van der Waals surface area contributed by atoms with Gasteiger partial charge in [-0.25, -0.2) is 0 Å². The third kappa shape index (κ3) is 2.33. The summed E-state index contributed by atoms with van der Waals surface area (Å²) in [4.78, 5) is 12.6. The molecule has 5 heteroatoms. The summed E-state index contributed by atoms with van der Waals surface area (Å²) in [5.74, 6) is -1.66.